The largest absolute Gasteiger partial charge is 0.351 e. The van der Waals surface area contributed by atoms with E-state index < -0.39 is 0 Å². The van der Waals surface area contributed by atoms with Gasteiger partial charge in [0, 0.05) is 17.5 Å². The summed E-state index contributed by atoms with van der Waals surface area (Å²) in [6.45, 7) is 2.84. The molecule has 1 saturated heterocycles. The van der Waals surface area contributed by atoms with Gasteiger partial charge < -0.3 is 5.32 Å². The lowest BCUT2D eigenvalue weighted by Crippen LogP contribution is -2.52. The maximum atomic E-state index is 11.5. The maximum absolute atomic E-state index is 11.5. The van der Waals surface area contributed by atoms with Crippen molar-refractivity contribution in [3.8, 4) is 0 Å². The Morgan fingerprint density at radius 3 is 3.08 bits per heavy atom. The van der Waals surface area contributed by atoms with Crippen LogP contribution in [0, 0.1) is 0 Å². The lowest BCUT2D eigenvalue weighted by atomic mass is 10.1. The number of hydrogen-bond donors (Lipinski definition) is 2. The Labute approximate surface area is 81.2 Å². The summed E-state index contributed by atoms with van der Waals surface area (Å²) in [5.74, 6) is 0.0844. The van der Waals surface area contributed by atoms with Crippen molar-refractivity contribution in [1.29, 1.82) is 0 Å². The highest BCUT2D eigenvalue weighted by atomic mass is 32.1. The molecule has 3 nitrogen and oxygen atoms in total. The van der Waals surface area contributed by atoms with Crippen molar-refractivity contribution < 1.29 is 4.79 Å². The van der Waals surface area contributed by atoms with Gasteiger partial charge in [0.05, 0.1) is 0 Å². The molecule has 2 heterocycles. The van der Waals surface area contributed by atoms with E-state index in [-0.39, 0.29) is 18.0 Å². The van der Waals surface area contributed by atoms with Gasteiger partial charge in [0.15, 0.2) is 0 Å². The van der Waals surface area contributed by atoms with Crippen LogP contribution in [0.5, 0.6) is 0 Å². The van der Waals surface area contributed by atoms with Crippen LogP contribution >= 0.6 is 11.3 Å². The average Bonchev–Trinajstić information content (AvgIpc) is 2.56. The first kappa shape index (κ1) is 8.72. The average molecular weight is 196 g/mol. The number of carbonyl (C=O) groups excluding carboxylic acids is 1. The zero-order chi connectivity index (χ0) is 9.26. The fourth-order valence-electron chi connectivity index (χ4n) is 1.45. The monoisotopic (exact) mass is 196 g/mol. The predicted octanol–water partition coefficient (Wildman–Crippen LogP) is 0.897. The molecule has 0 aliphatic carbocycles. The molecule has 2 rings (SSSR count). The van der Waals surface area contributed by atoms with Crippen molar-refractivity contribution in [2.24, 2.45) is 0 Å². The molecule has 0 aromatic carbocycles. The second-order valence-electron chi connectivity index (χ2n) is 3.27. The highest BCUT2D eigenvalue weighted by Crippen LogP contribution is 2.20. The summed E-state index contributed by atoms with van der Waals surface area (Å²) in [6, 6.07) is 4.05. The van der Waals surface area contributed by atoms with Crippen LogP contribution in [0.3, 0.4) is 0 Å². The number of hydrogen-bond acceptors (Lipinski definition) is 3. The van der Waals surface area contributed by atoms with E-state index >= 15 is 0 Å². The van der Waals surface area contributed by atoms with E-state index in [9.17, 15) is 4.79 Å². The molecular weight excluding hydrogens is 184 g/mol. The Balaban J connectivity index is 2.13. The zero-order valence-corrected chi connectivity index (χ0v) is 8.23. The fourth-order valence-corrected chi connectivity index (χ4v) is 2.25. The van der Waals surface area contributed by atoms with Gasteiger partial charge in [0.2, 0.25) is 5.91 Å². The number of rotatable bonds is 1. The molecule has 0 unspecified atom stereocenters. The molecule has 1 aromatic heterocycles. The molecule has 0 spiro atoms. The van der Waals surface area contributed by atoms with Crippen LogP contribution in [0.1, 0.15) is 17.8 Å². The number of piperazine rings is 1. The van der Waals surface area contributed by atoms with Gasteiger partial charge in [-0.05, 0) is 18.4 Å². The Bertz CT molecular complexity index is 297. The molecule has 1 amide bonds. The van der Waals surface area contributed by atoms with Crippen LogP contribution in [0.4, 0.5) is 0 Å². The van der Waals surface area contributed by atoms with E-state index in [1.54, 1.807) is 11.3 Å². The molecule has 0 bridgehead atoms. The predicted molar refractivity (Wildman–Crippen MR) is 52.7 cm³/mol. The third-order valence-corrected chi connectivity index (χ3v) is 3.04. The summed E-state index contributed by atoms with van der Waals surface area (Å²) in [6.07, 6.45) is 0. The molecule has 13 heavy (non-hydrogen) atoms. The lowest BCUT2D eigenvalue weighted by molar-refractivity contribution is -0.125. The number of amides is 1. The second kappa shape index (κ2) is 3.47. The van der Waals surface area contributed by atoms with E-state index in [2.05, 4.69) is 10.6 Å². The van der Waals surface area contributed by atoms with Crippen molar-refractivity contribution in [2.75, 3.05) is 6.54 Å². The minimum Gasteiger partial charge on any atom is -0.351 e. The summed E-state index contributed by atoms with van der Waals surface area (Å²) in [5.41, 5.74) is 0. The van der Waals surface area contributed by atoms with Gasteiger partial charge in [0.1, 0.15) is 6.04 Å². The molecule has 0 radical (unpaired) electrons. The van der Waals surface area contributed by atoms with Gasteiger partial charge in [-0.25, -0.2) is 0 Å². The summed E-state index contributed by atoms with van der Waals surface area (Å²) >= 11 is 1.61. The number of thiophene rings is 1. The molecule has 2 N–H and O–H groups in total. The molecule has 70 valence electrons. The molecule has 1 aromatic rings. The smallest absolute Gasteiger partial charge is 0.242 e. The van der Waals surface area contributed by atoms with Crippen LogP contribution in [0.15, 0.2) is 17.5 Å². The zero-order valence-electron chi connectivity index (χ0n) is 7.41. The summed E-state index contributed by atoms with van der Waals surface area (Å²) in [7, 11) is 0. The van der Waals surface area contributed by atoms with Crippen molar-refractivity contribution in [3.63, 3.8) is 0 Å². The van der Waals surface area contributed by atoms with Crippen molar-refractivity contribution in [3.05, 3.63) is 22.4 Å². The molecular formula is C9H12N2OS. The third kappa shape index (κ3) is 1.73. The van der Waals surface area contributed by atoms with Gasteiger partial charge in [-0.1, -0.05) is 6.07 Å². The van der Waals surface area contributed by atoms with Crippen LogP contribution in [-0.2, 0) is 4.79 Å². The van der Waals surface area contributed by atoms with Crippen molar-refractivity contribution in [2.45, 2.75) is 19.0 Å². The highest BCUT2D eigenvalue weighted by molar-refractivity contribution is 7.10. The van der Waals surface area contributed by atoms with Gasteiger partial charge in [-0.15, -0.1) is 11.3 Å². The summed E-state index contributed by atoms with van der Waals surface area (Å²) in [4.78, 5) is 12.6. The Kier molecular flexibility index (Phi) is 2.33. The standard InChI is InChI=1S/C9H12N2OS/c1-6-5-10-8(9(12)11-6)7-3-2-4-13-7/h2-4,6,8,10H,5H2,1H3,(H,11,12)/t6-,8+/m1/s1. The van der Waals surface area contributed by atoms with Gasteiger partial charge in [-0.3, -0.25) is 10.1 Å². The fraction of sp³-hybridized carbons (Fsp3) is 0.444. The van der Waals surface area contributed by atoms with Crippen LogP contribution in [0.25, 0.3) is 0 Å². The molecule has 1 fully saturated rings. The van der Waals surface area contributed by atoms with Gasteiger partial charge in [-0.2, -0.15) is 0 Å². The first-order valence-electron chi connectivity index (χ1n) is 4.34. The van der Waals surface area contributed by atoms with E-state index in [1.165, 1.54) is 0 Å². The van der Waals surface area contributed by atoms with E-state index in [4.69, 9.17) is 0 Å². The van der Waals surface area contributed by atoms with Crippen molar-refractivity contribution >= 4 is 17.2 Å². The Hall–Kier alpha value is -0.870. The van der Waals surface area contributed by atoms with Gasteiger partial charge in [0.25, 0.3) is 0 Å². The first-order chi connectivity index (χ1) is 6.27. The number of carbonyl (C=O) groups is 1. The Morgan fingerprint density at radius 2 is 2.46 bits per heavy atom. The van der Waals surface area contributed by atoms with E-state index in [0.29, 0.717) is 0 Å². The minimum absolute atomic E-state index is 0.0844. The van der Waals surface area contributed by atoms with E-state index in [0.717, 1.165) is 11.4 Å². The number of nitrogens with one attached hydrogen (secondary N) is 2. The topological polar surface area (TPSA) is 41.1 Å². The lowest BCUT2D eigenvalue weighted by Gasteiger charge is -2.27. The maximum Gasteiger partial charge on any atom is 0.242 e. The second-order valence-corrected chi connectivity index (χ2v) is 4.25. The van der Waals surface area contributed by atoms with Crippen molar-refractivity contribution in [1.82, 2.24) is 10.6 Å². The normalized spacial score (nSPS) is 28.5. The van der Waals surface area contributed by atoms with Crippen LogP contribution in [-0.4, -0.2) is 18.5 Å². The first-order valence-corrected chi connectivity index (χ1v) is 5.22. The SMILES string of the molecule is C[C@@H]1CN[C@@H](c2cccs2)C(=O)N1. The Morgan fingerprint density at radius 1 is 1.62 bits per heavy atom. The van der Waals surface area contributed by atoms with Crippen LogP contribution in [0.2, 0.25) is 0 Å². The van der Waals surface area contributed by atoms with E-state index in [1.807, 2.05) is 24.4 Å². The third-order valence-electron chi connectivity index (χ3n) is 2.11. The molecule has 1 aliphatic rings. The molecule has 0 saturated carbocycles. The van der Waals surface area contributed by atoms with Crippen LogP contribution < -0.4 is 10.6 Å². The molecule has 4 heteroatoms. The molecule has 2 atom stereocenters. The molecule has 1 aliphatic heterocycles. The summed E-state index contributed by atoms with van der Waals surface area (Å²) < 4.78 is 0. The quantitative estimate of drug-likeness (QED) is 0.700. The van der Waals surface area contributed by atoms with Gasteiger partial charge >= 0.3 is 0 Å². The summed E-state index contributed by atoms with van der Waals surface area (Å²) in [5, 5.41) is 8.13. The highest BCUT2D eigenvalue weighted by Gasteiger charge is 2.26. The minimum atomic E-state index is -0.142.